The first kappa shape index (κ1) is 17.7. The number of anilines is 1. The molecule has 1 amide bonds. The second kappa shape index (κ2) is 7.73. The molecule has 5 nitrogen and oxygen atoms in total. The first-order valence-electron chi connectivity index (χ1n) is 7.97. The topological polar surface area (TPSA) is 68.3 Å². The Morgan fingerprint density at radius 3 is 2.46 bits per heavy atom. The van der Waals surface area contributed by atoms with Gasteiger partial charge in [0.1, 0.15) is 0 Å². The smallest absolute Gasteiger partial charge is 0.339 e. The quantitative estimate of drug-likeness (QED) is 0.845. The number of carbonyl (C=O) groups is 2. The van der Waals surface area contributed by atoms with E-state index in [2.05, 4.69) is 24.1 Å². The fraction of sp³-hybridized carbons (Fsp3) is 0.316. The number of amides is 1. The molecule has 1 aromatic heterocycles. The van der Waals surface area contributed by atoms with Gasteiger partial charge in [-0.05, 0) is 43.5 Å². The van der Waals surface area contributed by atoms with E-state index in [9.17, 15) is 9.59 Å². The minimum Gasteiger partial charge on any atom is -0.462 e. The van der Waals surface area contributed by atoms with E-state index in [0.29, 0.717) is 22.9 Å². The zero-order valence-electron chi connectivity index (χ0n) is 14.4. The van der Waals surface area contributed by atoms with E-state index in [0.717, 1.165) is 0 Å². The zero-order chi connectivity index (χ0) is 17.7. The summed E-state index contributed by atoms with van der Waals surface area (Å²) in [6, 6.07) is 9.22. The second-order valence-electron chi connectivity index (χ2n) is 5.81. The van der Waals surface area contributed by atoms with Gasteiger partial charge >= 0.3 is 5.97 Å². The first-order valence-corrected chi connectivity index (χ1v) is 7.97. The molecule has 2 aromatic rings. The second-order valence-corrected chi connectivity index (χ2v) is 5.81. The number of hydrogen-bond donors (Lipinski definition) is 1. The molecule has 0 aliphatic heterocycles. The SMILES string of the molecule is CCOC(=O)c1cnc(C)c(C(=O)Nc2ccc(C(C)C)cc2)c1. The fourth-order valence-corrected chi connectivity index (χ4v) is 2.24. The average Bonchev–Trinajstić information content (AvgIpc) is 2.55. The molecule has 0 aliphatic carbocycles. The lowest BCUT2D eigenvalue weighted by Crippen LogP contribution is -2.16. The third kappa shape index (κ3) is 4.19. The number of pyridine rings is 1. The third-order valence-corrected chi connectivity index (χ3v) is 3.68. The molecule has 1 heterocycles. The summed E-state index contributed by atoms with van der Waals surface area (Å²) in [7, 11) is 0. The van der Waals surface area contributed by atoms with E-state index in [1.165, 1.54) is 17.8 Å². The molecule has 0 saturated heterocycles. The third-order valence-electron chi connectivity index (χ3n) is 3.68. The van der Waals surface area contributed by atoms with Crippen LogP contribution in [0.4, 0.5) is 5.69 Å². The molecular weight excluding hydrogens is 304 g/mol. The van der Waals surface area contributed by atoms with E-state index in [1.807, 2.05) is 24.3 Å². The molecule has 126 valence electrons. The predicted octanol–water partition coefficient (Wildman–Crippen LogP) is 3.94. The Hall–Kier alpha value is -2.69. The predicted molar refractivity (Wildman–Crippen MR) is 93.4 cm³/mol. The largest absolute Gasteiger partial charge is 0.462 e. The van der Waals surface area contributed by atoms with Gasteiger partial charge in [0, 0.05) is 11.9 Å². The highest BCUT2D eigenvalue weighted by molar-refractivity contribution is 6.06. The lowest BCUT2D eigenvalue weighted by Gasteiger charge is -2.10. The summed E-state index contributed by atoms with van der Waals surface area (Å²) in [5, 5.41) is 2.83. The number of nitrogens with one attached hydrogen (secondary N) is 1. The van der Waals surface area contributed by atoms with Crippen molar-refractivity contribution in [3.05, 3.63) is 58.9 Å². The molecule has 0 atom stereocenters. The number of carbonyl (C=O) groups excluding carboxylic acids is 2. The number of aromatic nitrogens is 1. The zero-order valence-corrected chi connectivity index (χ0v) is 14.4. The number of rotatable bonds is 5. The highest BCUT2D eigenvalue weighted by Crippen LogP contribution is 2.18. The minimum atomic E-state index is -0.486. The maximum absolute atomic E-state index is 12.5. The highest BCUT2D eigenvalue weighted by Gasteiger charge is 2.15. The Labute approximate surface area is 142 Å². The van der Waals surface area contributed by atoms with E-state index in [1.54, 1.807) is 13.8 Å². The van der Waals surface area contributed by atoms with Crippen LogP contribution in [0.5, 0.6) is 0 Å². The fourth-order valence-electron chi connectivity index (χ4n) is 2.24. The molecule has 0 saturated carbocycles. The molecule has 0 spiro atoms. The van der Waals surface area contributed by atoms with Crippen LogP contribution >= 0.6 is 0 Å². The average molecular weight is 326 g/mol. The van der Waals surface area contributed by atoms with Crippen molar-refractivity contribution in [1.82, 2.24) is 4.98 Å². The van der Waals surface area contributed by atoms with Gasteiger partial charge < -0.3 is 10.1 Å². The van der Waals surface area contributed by atoms with Crippen LogP contribution in [0.1, 0.15) is 58.7 Å². The van der Waals surface area contributed by atoms with Gasteiger partial charge in [-0.3, -0.25) is 9.78 Å². The van der Waals surface area contributed by atoms with Crippen LogP contribution in [0.3, 0.4) is 0 Å². The maximum Gasteiger partial charge on any atom is 0.339 e. The van der Waals surface area contributed by atoms with Crippen molar-refractivity contribution in [3.63, 3.8) is 0 Å². The minimum absolute atomic E-state index is 0.266. The van der Waals surface area contributed by atoms with Crippen LogP contribution in [0.15, 0.2) is 36.5 Å². The standard InChI is InChI=1S/C19H22N2O3/c1-5-24-19(23)15-10-17(13(4)20-11-15)18(22)21-16-8-6-14(7-9-16)12(2)3/h6-12H,5H2,1-4H3,(H,21,22). The van der Waals surface area contributed by atoms with Gasteiger partial charge in [0.05, 0.1) is 23.4 Å². The molecule has 0 aliphatic rings. The van der Waals surface area contributed by atoms with E-state index >= 15 is 0 Å². The summed E-state index contributed by atoms with van der Waals surface area (Å²) in [5.74, 6) is -0.355. The van der Waals surface area contributed by atoms with Gasteiger partial charge in [0.15, 0.2) is 0 Å². The van der Waals surface area contributed by atoms with Crippen molar-refractivity contribution >= 4 is 17.6 Å². The molecule has 1 N–H and O–H groups in total. The lowest BCUT2D eigenvalue weighted by molar-refractivity contribution is 0.0526. The first-order chi connectivity index (χ1) is 11.4. The Balaban J connectivity index is 2.19. The number of benzene rings is 1. The number of aryl methyl sites for hydroxylation is 1. The van der Waals surface area contributed by atoms with Gasteiger partial charge in [-0.2, -0.15) is 0 Å². The Morgan fingerprint density at radius 2 is 1.88 bits per heavy atom. The molecule has 24 heavy (non-hydrogen) atoms. The van der Waals surface area contributed by atoms with E-state index < -0.39 is 5.97 Å². The van der Waals surface area contributed by atoms with E-state index in [4.69, 9.17) is 4.74 Å². The van der Waals surface area contributed by atoms with Crippen molar-refractivity contribution in [2.45, 2.75) is 33.6 Å². The van der Waals surface area contributed by atoms with Crippen molar-refractivity contribution < 1.29 is 14.3 Å². The molecule has 0 unspecified atom stereocenters. The normalized spacial score (nSPS) is 10.5. The summed E-state index contributed by atoms with van der Waals surface area (Å²) < 4.78 is 4.95. The van der Waals surface area contributed by atoms with Gasteiger partial charge in [-0.1, -0.05) is 26.0 Å². The molecule has 5 heteroatoms. The molecular formula is C19H22N2O3. The summed E-state index contributed by atoms with van der Waals surface area (Å²) in [5.41, 5.74) is 3.08. The lowest BCUT2D eigenvalue weighted by atomic mass is 10.0. The van der Waals surface area contributed by atoms with Crippen LogP contribution < -0.4 is 5.32 Å². The summed E-state index contributed by atoms with van der Waals surface area (Å²) >= 11 is 0. The monoisotopic (exact) mass is 326 g/mol. The van der Waals surface area contributed by atoms with Crippen LogP contribution in [0, 0.1) is 6.92 Å². The summed E-state index contributed by atoms with van der Waals surface area (Å²) in [4.78, 5) is 28.4. The van der Waals surface area contributed by atoms with E-state index in [-0.39, 0.29) is 18.1 Å². The summed E-state index contributed by atoms with van der Waals surface area (Å²) in [6.45, 7) is 7.96. The van der Waals surface area contributed by atoms with Crippen molar-refractivity contribution in [2.24, 2.45) is 0 Å². The molecule has 0 radical (unpaired) electrons. The van der Waals surface area contributed by atoms with Gasteiger partial charge in [-0.15, -0.1) is 0 Å². The van der Waals surface area contributed by atoms with Crippen molar-refractivity contribution in [3.8, 4) is 0 Å². The molecule has 1 aromatic carbocycles. The Bertz CT molecular complexity index is 737. The van der Waals surface area contributed by atoms with Crippen LogP contribution in [-0.4, -0.2) is 23.5 Å². The summed E-state index contributed by atoms with van der Waals surface area (Å²) in [6.07, 6.45) is 1.42. The van der Waals surface area contributed by atoms with Crippen molar-refractivity contribution in [1.29, 1.82) is 0 Å². The molecule has 2 rings (SSSR count). The van der Waals surface area contributed by atoms with Gasteiger partial charge in [0.2, 0.25) is 0 Å². The number of esters is 1. The highest BCUT2D eigenvalue weighted by atomic mass is 16.5. The molecule has 0 fully saturated rings. The van der Waals surface area contributed by atoms with Crippen LogP contribution in [0.25, 0.3) is 0 Å². The molecule has 0 bridgehead atoms. The van der Waals surface area contributed by atoms with Crippen LogP contribution in [-0.2, 0) is 4.74 Å². The van der Waals surface area contributed by atoms with Crippen molar-refractivity contribution in [2.75, 3.05) is 11.9 Å². The maximum atomic E-state index is 12.5. The Kier molecular flexibility index (Phi) is 5.68. The van der Waals surface area contributed by atoms with Crippen LogP contribution in [0.2, 0.25) is 0 Å². The van der Waals surface area contributed by atoms with Gasteiger partial charge in [-0.25, -0.2) is 4.79 Å². The number of hydrogen-bond acceptors (Lipinski definition) is 4. The number of ether oxygens (including phenoxy) is 1. The van der Waals surface area contributed by atoms with Gasteiger partial charge in [0.25, 0.3) is 5.91 Å². The number of nitrogens with zero attached hydrogens (tertiary/aromatic N) is 1. The Morgan fingerprint density at radius 1 is 1.21 bits per heavy atom.